The van der Waals surface area contributed by atoms with Crippen molar-refractivity contribution < 1.29 is 14.3 Å². The summed E-state index contributed by atoms with van der Waals surface area (Å²) >= 11 is 3.29. The maximum Gasteiger partial charge on any atom is 0.338 e. The Hall–Kier alpha value is -3.13. The highest BCUT2D eigenvalue weighted by atomic mass is 79.9. The fourth-order valence-corrected chi connectivity index (χ4v) is 3.07. The number of halogens is 1. The molecule has 1 heterocycles. The van der Waals surface area contributed by atoms with E-state index in [4.69, 9.17) is 4.74 Å². The summed E-state index contributed by atoms with van der Waals surface area (Å²) in [5.41, 5.74) is 1.37. The van der Waals surface area contributed by atoms with Crippen LogP contribution in [0.15, 0.2) is 63.9 Å². The number of nitrogens with one attached hydrogen (secondary N) is 1. The average Bonchev–Trinajstić information content (AvgIpc) is 2.92. The lowest BCUT2D eigenvalue weighted by atomic mass is 10.2. The molecule has 2 aromatic carbocycles. The van der Waals surface area contributed by atoms with E-state index >= 15 is 0 Å². The molecule has 0 spiro atoms. The summed E-state index contributed by atoms with van der Waals surface area (Å²) in [5, 5.41) is 2.60. The molecule has 3 aromatic rings. The number of ether oxygens (including phenoxy) is 1. The largest absolute Gasteiger partial charge is 0.449 e. The molecule has 0 saturated heterocycles. The van der Waals surface area contributed by atoms with Crippen LogP contribution in [0.2, 0.25) is 0 Å². The summed E-state index contributed by atoms with van der Waals surface area (Å²) in [7, 11) is 1.73. The summed E-state index contributed by atoms with van der Waals surface area (Å²) in [6.45, 7) is 3.19. The van der Waals surface area contributed by atoms with E-state index in [1.165, 1.54) is 11.6 Å². The van der Waals surface area contributed by atoms with Crippen LogP contribution in [0.4, 0.5) is 5.69 Å². The topological polar surface area (TPSA) is 82.3 Å². The average molecular weight is 458 g/mol. The van der Waals surface area contributed by atoms with Crippen molar-refractivity contribution in [1.29, 1.82) is 0 Å². The maximum absolute atomic E-state index is 12.9. The first kappa shape index (κ1) is 20.6. The summed E-state index contributed by atoms with van der Waals surface area (Å²) in [6, 6.07) is 15.7. The molecule has 7 nitrogen and oxygen atoms in total. The number of aromatic nitrogens is 2. The first-order valence-electron chi connectivity index (χ1n) is 8.91. The van der Waals surface area contributed by atoms with Crippen LogP contribution in [-0.4, -0.2) is 27.3 Å². The normalized spacial score (nSPS) is 11.7. The second kappa shape index (κ2) is 8.48. The first-order valence-corrected chi connectivity index (χ1v) is 9.70. The zero-order valence-corrected chi connectivity index (χ0v) is 17.8. The molecule has 0 radical (unpaired) electrons. The van der Waals surface area contributed by atoms with Gasteiger partial charge in [-0.25, -0.2) is 9.48 Å². The summed E-state index contributed by atoms with van der Waals surface area (Å²) < 4.78 is 9.18. The van der Waals surface area contributed by atoms with Crippen LogP contribution >= 0.6 is 15.9 Å². The highest BCUT2D eigenvalue weighted by Gasteiger charge is 2.23. The van der Waals surface area contributed by atoms with Gasteiger partial charge in [-0.05, 0) is 50.2 Å². The highest BCUT2D eigenvalue weighted by Crippen LogP contribution is 2.15. The quantitative estimate of drug-likeness (QED) is 0.594. The Kier molecular flexibility index (Phi) is 6.03. The van der Waals surface area contributed by atoms with Crippen molar-refractivity contribution in [2.24, 2.45) is 7.05 Å². The number of rotatable bonds is 5. The molecular weight excluding hydrogens is 438 g/mol. The van der Waals surface area contributed by atoms with E-state index in [0.29, 0.717) is 16.9 Å². The monoisotopic (exact) mass is 457 g/mol. The Labute approximate surface area is 176 Å². The third-order valence-electron chi connectivity index (χ3n) is 4.54. The fraction of sp³-hybridized carbons (Fsp3) is 0.190. The minimum Gasteiger partial charge on any atom is -0.449 e. The molecular formula is C21H20BrN3O4. The molecule has 0 aliphatic heterocycles. The van der Waals surface area contributed by atoms with Gasteiger partial charge in [0.1, 0.15) is 5.69 Å². The molecule has 1 N–H and O–H groups in total. The van der Waals surface area contributed by atoms with Gasteiger partial charge in [0.25, 0.3) is 11.5 Å². The Morgan fingerprint density at radius 3 is 2.31 bits per heavy atom. The zero-order chi connectivity index (χ0) is 21.1. The summed E-state index contributed by atoms with van der Waals surface area (Å²) in [4.78, 5) is 37.6. The standard InChI is InChI=1S/C21H20BrN3O4/c1-13-18(20(27)25(24(13)3)17-7-5-4-6-8-17)23-19(26)14(2)29-21(28)15-9-11-16(22)12-10-15/h4-12,14H,1-3H3,(H,23,26)/t14-/m1/s1. The second-order valence-electron chi connectivity index (χ2n) is 6.48. The van der Waals surface area contributed by atoms with E-state index < -0.39 is 18.0 Å². The number of esters is 1. The Bertz CT molecular complexity index is 1100. The first-order chi connectivity index (χ1) is 13.8. The molecule has 0 fully saturated rings. The van der Waals surface area contributed by atoms with Crippen molar-refractivity contribution in [2.75, 3.05) is 5.32 Å². The van der Waals surface area contributed by atoms with Gasteiger partial charge in [-0.2, -0.15) is 0 Å². The Morgan fingerprint density at radius 1 is 1.07 bits per heavy atom. The Morgan fingerprint density at radius 2 is 1.69 bits per heavy atom. The van der Waals surface area contributed by atoms with Gasteiger partial charge in [0, 0.05) is 11.5 Å². The van der Waals surface area contributed by atoms with Crippen molar-refractivity contribution in [1.82, 2.24) is 9.36 Å². The Balaban J connectivity index is 1.77. The van der Waals surface area contributed by atoms with Gasteiger partial charge in [0.2, 0.25) is 0 Å². The van der Waals surface area contributed by atoms with Crippen molar-refractivity contribution in [3.63, 3.8) is 0 Å². The number of anilines is 1. The van der Waals surface area contributed by atoms with Crippen LogP contribution in [0.25, 0.3) is 5.69 Å². The lowest BCUT2D eigenvalue weighted by Crippen LogP contribution is -2.32. The van der Waals surface area contributed by atoms with Crippen molar-refractivity contribution >= 4 is 33.5 Å². The molecule has 1 amide bonds. The lowest BCUT2D eigenvalue weighted by Gasteiger charge is -2.13. The van der Waals surface area contributed by atoms with Gasteiger partial charge in [0.05, 0.1) is 16.9 Å². The smallest absolute Gasteiger partial charge is 0.338 e. The van der Waals surface area contributed by atoms with Crippen molar-refractivity contribution in [3.8, 4) is 5.69 Å². The number of carbonyl (C=O) groups excluding carboxylic acids is 2. The van der Waals surface area contributed by atoms with Gasteiger partial charge in [0.15, 0.2) is 6.10 Å². The molecule has 1 atom stereocenters. The molecule has 0 bridgehead atoms. The van der Waals surface area contributed by atoms with E-state index in [1.54, 1.807) is 55.1 Å². The molecule has 0 aliphatic carbocycles. The number of nitrogens with zero attached hydrogens (tertiary/aromatic N) is 2. The van der Waals surface area contributed by atoms with Crippen LogP contribution in [-0.2, 0) is 16.6 Å². The van der Waals surface area contributed by atoms with E-state index in [2.05, 4.69) is 21.2 Å². The minimum atomic E-state index is -1.07. The zero-order valence-electron chi connectivity index (χ0n) is 16.2. The van der Waals surface area contributed by atoms with Crippen LogP contribution in [0.1, 0.15) is 23.0 Å². The number of carbonyl (C=O) groups is 2. The van der Waals surface area contributed by atoms with Gasteiger partial charge >= 0.3 is 5.97 Å². The molecule has 8 heteroatoms. The van der Waals surface area contributed by atoms with Crippen LogP contribution in [0.3, 0.4) is 0 Å². The maximum atomic E-state index is 12.9. The third kappa shape index (κ3) is 4.32. The molecule has 150 valence electrons. The number of hydrogen-bond acceptors (Lipinski definition) is 4. The van der Waals surface area contributed by atoms with Crippen LogP contribution < -0.4 is 10.9 Å². The van der Waals surface area contributed by atoms with Gasteiger partial charge in [-0.15, -0.1) is 0 Å². The summed E-state index contributed by atoms with van der Waals surface area (Å²) in [6.07, 6.45) is -1.07. The van der Waals surface area contributed by atoms with Crippen LogP contribution in [0.5, 0.6) is 0 Å². The SMILES string of the molecule is Cc1c(NC(=O)[C@@H](C)OC(=O)c2ccc(Br)cc2)c(=O)n(-c2ccccc2)n1C. The number of para-hydroxylation sites is 1. The summed E-state index contributed by atoms with van der Waals surface area (Å²) in [5.74, 6) is -1.20. The lowest BCUT2D eigenvalue weighted by molar-refractivity contribution is -0.123. The minimum absolute atomic E-state index is 0.146. The number of amides is 1. The van der Waals surface area contributed by atoms with Gasteiger partial charge in [-0.3, -0.25) is 14.3 Å². The molecule has 1 aromatic heterocycles. The van der Waals surface area contributed by atoms with E-state index in [1.807, 2.05) is 18.2 Å². The molecule has 0 aliphatic rings. The van der Waals surface area contributed by atoms with Gasteiger partial charge < -0.3 is 10.1 Å². The number of hydrogen-bond donors (Lipinski definition) is 1. The molecule has 0 saturated carbocycles. The van der Waals surface area contributed by atoms with Crippen molar-refractivity contribution in [2.45, 2.75) is 20.0 Å². The molecule has 0 unspecified atom stereocenters. The van der Waals surface area contributed by atoms with E-state index in [9.17, 15) is 14.4 Å². The second-order valence-corrected chi connectivity index (χ2v) is 7.40. The molecule has 29 heavy (non-hydrogen) atoms. The predicted octanol–water partition coefficient (Wildman–Crippen LogP) is 3.43. The van der Waals surface area contributed by atoms with Crippen molar-refractivity contribution in [3.05, 3.63) is 80.7 Å². The van der Waals surface area contributed by atoms with E-state index in [0.717, 1.165) is 4.47 Å². The fourth-order valence-electron chi connectivity index (χ4n) is 2.81. The number of benzene rings is 2. The van der Waals surface area contributed by atoms with Crippen LogP contribution in [0, 0.1) is 6.92 Å². The van der Waals surface area contributed by atoms with E-state index in [-0.39, 0.29) is 11.2 Å². The van der Waals surface area contributed by atoms with Gasteiger partial charge in [-0.1, -0.05) is 34.1 Å². The highest BCUT2D eigenvalue weighted by molar-refractivity contribution is 9.10. The predicted molar refractivity (Wildman–Crippen MR) is 113 cm³/mol. The third-order valence-corrected chi connectivity index (χ3v) is 5.06. The molecule has 3 rings (SSSR count).